The van der Waals surface area contributed by atoms with E-state index in [0.717, 1.165) is 25.3 Å². The molecule has 17 heavy (non-hydrogen) atoms. The van der Waals surface area contributed by atoms with Gasteiger partial charge in [0.1, 0.15) is 0 Å². The van der Waals surface area contributed by atoms with E-state index in [9.17, 15) is 0 Å². The minimum absolute atomic E-state index is 0.562. The van der Waals surface area contributed by atoms with Crippen LogP contribution in [0.25, 0.3) is 0 Å². The maximum atomic E-state index is 6.04. The summed E-state index contributed by atoms with van der Waals surface area (Å²) in [7, 11) is 1.75. The second-order valence-corrected chi connectivity index (χ2v) is 5.47. The van der Waals surface area contributed by atoms with Gasteiger partial charge >= 0.3 is 0 Å². The van der Waals surface area contributed by atoms with Crippen LogP contribution in [0, 0.1) is 5.92 Å². The molecule has 0 aliphatic rings. The van der Waals surface area contributed by atoms with Crippen molar-refractivity contribution in [2.24, 2.45) is 5.92 Å². The molecule has 0 amide bonds. The molecule has 0 spiro atoms. The molecule has 1 atom stereocenters. The van der Waals surface area contributed by atoms with E-state index in [1.165, 1.54) is 22.9 Å². The molecule has 1 aromatic rings. The second-order valence-electron chi connectivity index (χ2n) is 4.30. The number of methoxy groups -OCH3 is 1. The average Bonchev–Trinajstić information content (AvgIpc) is 2.35. The molecule has 0 N–H and O–H groups in total. The van der Waals surface area contributed by atoms with Crippen molar-refractivity contribution in [3.8, 4) is 0 Å². The zero-order valence-electron chi connectivity index (χ0n) is 10.3. The highest BCUT2D eigenvalue weighted by molar-refractivity contribution is 9.10. The zero-order chi connectivity index (χ0) is 12.5. The molecular weight excluding hydrogens is 300 g/mol. The van der Waals surface area contributed by atoms with Crippen molar-refractivity contribution in [1.82, 2.24) is 0 Å². The molecule has 0 radical (unpaired) electrons. The molecule has 1 aromatic carbocycles. The smallest absolute Gasteiger partial charge is 0.0462 e. The quantitative estimate of drug-likeness (QED) is 0.500. The van der Waals surface area contributed by atoms with Crippen LogP contribution in [0.1, 0.15) is 24.8 Å². The van der Waals surface area contributed by atoms with Crippen molar-refractivity contribution in [2.75, 3.05) is 19.6 Å². The number of benzene rings is 1. The maximum absolute atomic E-state index is 6.04. The summed E-state index contributed by atoms with van der Waals surface area (Å²) in [6.07, 6.45) is 4.54. The lowest BCUT2D eigenvalue weighted by atomic mass is 9.96. The summed E-state index contributed by atoms with van der Waals surface area (Å²) in [5.41, 5.74) is 1.35. The van der Waals surface area contributed by atoms with Gasteiger partial charge in [0.2, 0.25) is 0 Å². The molecule has 0 bridgehead atoms. The van der Waals surface area contributed by atoms with Crippen LogP contribution in [-0.2, 0) is 11.2 Å². The van der Waals surface area contributed by atoms with E-state index in [1.807, 2.05) is 6.07 Å². The molecule has 0 aliphatic carbocycles. The Bertz CT molecular complexity index is 317. The van der Waals surface area contributed by atoms with Gasteiger partial charge in [-0.2, -0.15) is 0 Å². The van der Waals surface area contributed by atoms with E-state index in [2.05, 4.69) is 34.1 Å². The summed E-state index contributed by atoms with van der Waals surface area (Å²) in [5.74, 6) is 1.29. The van der Waals surface area contributed by atoms with Crippen molar-refractivity contribution >= 4 is 27.5 Å². The Morgan fingerprint density at radius 2 is 2.06 bits per heavy atom. The van der Waals surface area contributed by atoms with Crippen molar-refractivity contribution in [3.05, 3.63) is 34.3 Å². The van der Waals surface area contributed by atoms with Gasteiger partial charge in [0.05, 0.1) is 0 Å². The van der Waals surface area contributed by atoms with Gasteiger partial charge < -0.3 is 4.74 Å². The van der Waals surface area contributed by atoms with Gasteiger partial charge in [-0.1, -0.05) is 40.5 Å². The molecule has 96 valence electrons. The normalized spacial score (nSPS) is 12.6. The summed E-state index contributed by atoms with van der Waals surface area (Å²) in [6, 6.07) is 8.38. The standard InChI is InChI=1S/C14H20BrClO/c1-17-9-5-4-6-12(11-16)10-13-7-2-3-8-14(13)15/h2-3,7-8,12H,4-6,9-11H2,1H3. The number of unbranched alkanes of at least 4 members (excludes halogenated alkanes) is 1. The van der Waals surface area contributed by atoms with Gasteiger partial charge in [0.25, 0.3) is 0 Å². The van der Waals surface area contributed by atoms with Gasteiger partial charge in [-0.3, -0.25) is 0 Å². The molecule has 1 nitrogen and oxygen atoms in total. The summed E-state index contributed by atoms with van der Waals surface area (Å²) in [4.78, 5) is 0. The third kappa shape index (κ3) is 5.89. The number of ether oxygens (including phenoxy) is 1. The minimum Gasteiger partial charge on any atom is -0.385 e. The first-order valence-corrected chi connectivity index (χ1v) is 7.39. The number of rotatable bonds is 8. The van der Waals surface area contributed by atoms with E-state index in [4.69, 9.17) is 16.3 Å². The summed E-state index contributed by atoms with van der Waals surface area (Å²) >= 11 is 9.62. The van der Waals surface area contributed by atoms with Gasteiger partial charge in [0, 0.05) is 24.1 Å². The van der Waals surface area contributed by atoms with E-state index < -0.39 is 0 Å². The highest BCUT2D eigenvalue weighted by atomic mass is 79.9. The molecule has 0 aliphatic heterocycles. The molecular formula is C14H20BrClO. The SMILES string of the molecule is COCCCCC(CCl)Cc1ccccc1Br. The van der Waals surface area contributed by atoms with Crippen molar-refractivity contribution in [1.29, 1.82) is 0 Å². The Morgan fingerprint density at radius 1 is 1.29 bits per heavy atom. The van der Waals surface area contributed by atoms with Gasteiger partial charge in [-0.05, 0) is 36.8 Å². The first kappa shape index (κ1) is 15.0. The topological polar surface area (TPSA) is 9.23 Å². The highest BCUT2D eigenvalue weighted by Crippen LogP contribution is 2.22. The van der Waals surface area contributed by atoms with Crippen LogP contribution in [0.5, 0.6) is 0 Å². The average molecular weight is 320 g/mol. The first-order valence-electron chi connectivity index (χ1n) is 6.06. The van der Waals surface area contributed by atoms with Crippen LogP contribution in [0.3, 0.4) is 0 Å². The fourth-order valence-corrected chi connectivity index (χ4v) is 2.60. The second kappa shape index (κ2) is 8.96. The minimum atomic E-state index is 0.562. The largest absolute Gasteiger partial charge is 0.385 e. The van der Waals surface area contributed by atoms with Crippen LogP contribution < -0.4 is 0 Å². The molecule has 3 heteroatoms. The molecule has 1 rings (SSSR count). The fraction of sp³-hybridized carbons (Fsp3) is 0.571. The Hall–Kier alpha value is -0.0500. The Balaban J connectivity index is 2.38. The monoisotopic (exact) mass is 318 g/mol. The number of hydrogen-bond acceptors (Lipinski definition) is 1. The zero-order valence-corrected chi connectivity index (χ0v) is 12.6. The lowest BCUT2D eigenvalue weighted by Gasteiger charge is -2.14. The Kier molecular flexibility index (Phi) is 7.91. The maximum Gasteiger partial charge on any atom is 0.0462 e. The summed E-state index contributed by atoms with van der Waals surface area (Å²) in [6.45, 7) is 0.851. The van der Waals surface area contributed by atoms with Crippen LogP contribution >= 0.6 is 27.5 Å². The van der Waals surface area contributed by atoms with Crippen molar-refractivity contribution < 1.29 is 4.74 Å². The molecule has 0 fully saturated rings. The third-order valence-corrected chi connectivity index (χ3v) is 4.11. The predicted molar refractivity (Wildman–Crippen MR) is 77.8 cm³/mol. The van der Waals surface area contributed by atoms with E-state index >= 15 is 0 Å². The van der Waals surface area contributed by atoms with Crippen molar-refractivity contribution in [2.45, 2.75) is 25.7 Å². The van der Waals surface area contributed by atoms with Gasteiger partial charge in [0.15, 0.2) is 0 Å². The fourth-order valence-electron chi connectivity index (χ4n) is 1.89. The van der Waals surface area contributed by atoms with Crippen LogP contribution in [-0.4, -0.2) is 19.6 Å². The lowest BCUT2D eigenvalue weighted by Crippen LogP contribution is -2.07. The molecule has 0 saturated carbocycles. The Labute approximate surface area is 118 Å². The predicted octanol–water partition coefficient (Wildman–Crippen LogP) is 4.66. The number of halogens is 2. The molecule has 1 unspecified atom stereocenters. The highest BCUT2D eigenvalue weighted by Gasteiger charge is 2.10. The van der Waals surface area contributed by atoms with Gasteiger partial charge in [-0.15, -0.1) is 11.6 Å². The molecule has 0 aromatic heterocycles. The van der Waals surface area contributed by atoms with E-state index in [1.54, 1.807) is 7.11 Å². The number of alkyl halides is 1. The van der Waals surface area contributed by atoms with Crippen LogP contribution in [0.15, 0.2) is 28.7 Å². The lowest BCUT2D eigenvalue weighted by molar-refractivity contribution is 0.190. The van der Waals surface area contributed by atoms with Crippen LogP contribution in [0.4, 0.5) is 0 Å². The third-order valence-electron chi connectivity index (χ3n) is 2.90. The molecule has 0 heterocycles. The van der Waals surface area contributed by atoms with Gasteiger partial charge in [-0.25, -0.2) is 0 Å². The summed E-state index contributed by atoms with van der Waals surface area (Å²) < 4.78 is 6.24. The molecule has 0 saturated heterocycles. The van der Waals surface area contributed by atoms with E-state index in [-0.39, 0.29) is 0 Å². The van der Waals surface area contributed by atoms with E-state index in [0.29, 0.717) is 5.92 Å². The summed E-state index contributed by atoms with van der Waals surface area (Å²) in [5, 5.41) is 0. The first-order chi connectivity index (χ1) is 8.27. The van der Waals surface area contributed by atoms with Crippen molar-refractivity contribution in [3.63, 3.8) is 0 Å². The number of hydrogen-bond donors (Lipinski definition) is 0. The van der Waals surface area contributed by atoms with Crippen LogP contribution in [0.2, 0.25) is 0 Å². The Morgan fingerprint density at radius 3 is 2.71 bits per heavy atom.